The van der Waals surface area contributed by atoms with Gasteiger partial charge in [0.2, 0.25) is 0 Å². The molecule has 0 fully saturated rings. The summed E-state index contributed by atoms with van der Waals surface area (Å²) in [7, 11) is 0. The summed E-state index contributed by atoms with van der Waals surface area (Å²) in [6, 6.07) is 10.4. The zero-order valence-electron chi connectivity index (χ0n) is 15.3. The van der Waals surface area contributed by atoms with Gasteiger partial charge in [0.1, 0.15) is 17.8 Å². The molecule has 0 aliphatic heterocycles. The van der Waals surface area contributed by atoms with Gasteiger partial charge in [-0.25, -0.2) is 9.97 Å². The number of hydrogen-bond acceptors (Lipinski definition) is 7. The number of carbonyl (C=O) groups excluding carboxylic acids is 2. The van der Waals surface area contributed by atoms with Gasteiger partial charge in [0.25, 0.3) is 11.8 Å². The molecule has 0 spiro atoms. The van der Waals surface area contributed by atoms with Crippen molar-refractivity contribution in [1.29, 1.82) is 0 Å². The zero-order valence-corrected chi connectivity index (χ0v) is 16.2. The van der Waals surface area contributed by atoms with E-state index in [1.165, 1.54) is 17.7 Å². The standard InChI is InChI=1S/C20H16N6O2S/c1-11-5-6-12(25-20(28)14-4-2-3-7-22-14)8-15(11)26-19(27)13-9-29-17-16(13)23-10-24-18(17)21/h2-10H,1H3,(H,25,28)(H,26,27)(H2,21,23,24). The van der Waals surface area contributed by atoms with Gasteiger partial charge in [0.05, 0.1) is 15.8 Å². The number of thiophene rings is 1. The first kappa shape index (κ1) is 18.5. The number of amides is 2. The lowest BCUT2D eigenvalue weighted by Crippen LogP contribution is -2.15. The summed E-state index contributed by atoms with van der Waals surface area (Å²) in [5, 5.41) is 7.36. The lowest BCUT2D eigenvalue weighted by atomic mass is 10.1. The Labute approximate surface area is 169 Å². The molecule has 0 aliphatic carbocycles. The Morgan fingerprint density at radius 2 is 1.90 bits per heavy atom. The van der Waals surface area contributed by atoms with E-state index in [-0.39, 0.29) is 11.8 Å². The van der Waals surface area contributed by atoms with E-state index in [2.05, 4.69) is 25.6 Å². The van der Waals surface area contributed by atoms with Crippen LogP contribution < -0.4 is 16.4 Å². The van der Waals surface area contributed by atoms with Crippen molar-refractivity contribution >= 4 is 50.6 Å². The Hall–Kier alpha value is -3.85. The van der Waals surface area contributed by atoms with E-state index in [9.17, 15) is 9.59 Å². The first-order chi connectivity index (χ1) is 14.0. The predicted molar refractivity (Wildman–Crippen MR) is 113 cm³/mol. The van der Waals surface area contributed by atoms with Crippen molar-refractivity contribution in [3.8, 4) is 0 Å². The zero-order chi connectivity index (χ0) is 20.4. The van der Waals surface area contributed by atoms with Gasteiger partial charge in [-0.15, -0.1) is 11.3 Å². The van der Waals surface area contributed by atoms with E-state index in [4.69, 9.17) is 5.73 Å². The first-order valence-corrected chi connectivity index (χ1v) is 9.53. The summed E-state index contributed by atoms with van der Waals surface area (Å²) < 4.78 is 0.672. The lowest BCUT2D eigenvalue weighted by molar-refractivity contribution is 0.101. The fourth-order valence-corrected chi connectivity index (χ4v) is 3.65. The number of nitrogens with one attached hydrogen (secondary N) is 2. The van der Waals surface area contributed by atoms with Crippen LogP contribution in [0.1, 0.15) is 26.4 Å². The third-order valence-electron chi connectivity index (χ3n) is 4.27. The van der Waals surface area contributed by atoms with Gasteiger partial charge >= 0.3 is 0 Å². The SMILES string of the molecule is Cc1ccc(NC(=O)c2ccccn2)cc1NC(=O)c1csc2c(N)ncnc12. The average Bonchev–Trinajstić information content (AvgIpc) is 3.17. The maximum Gasteiger partial charge on any atom is 0.274 e. The highest BCUT2D eigenvalue weighted by Crippen LogP contribution is 2.29. The molecule has 2 amide bonds. The molecule has 0 aliphatic rings. The van der Waals surface area contributed by atoms with E-state index >= 15 is 0 Å². The Morgan fingerprint density at radius 3 is 2.69 bits per heavy atom. The fraction of sp³-hybridized carbons (Fsp3) is 0.0500. The summed E-state index contributed by atoms with van der Waals surface area (Å²) in [6.07, 6.45) is 2.89. The minimum atomic E-state index is -0.331. The predicted octanol–water partition coefficient (Wildman–Crippen LogP) is 3.48. The summed E-state index contributed by atoms with van der Waals surface area (Å²) >= 11 is 1.32. The number of pyridine rings is 1. The molecule has 4 aromatic rings. The molecule has 0 saturated heterocycles. The molecule has 0 bridgehead atoms. The number of aryl methyl sites for hydroxylation is 1. The van der Waals surface area contributed by atoms with Crippen LogP contribution in [-0.2, 0) is 0 Å². The molecule has 4 rings (SSSR count). The summed E-state index contributed by atoms with van der Waals surface area (Å²) in [4.78, 5) is 37.3. The van der Waals surface area contributed by atoms with Gasteiger partial charge in [-0.3, -0.25) is 14.6 Å². The molecule has 29 heavy (non-hydrogen) atoms. The number of nitrogen functional groups attached to an aromatic ring is 1. The summed E-state index contributed by atoms with van der Waals surface area (Å²) in [5.41, 5.74) is 9.05. The van der Waals surface area contributed by atoms with Crippen molar-refractivity contribution in [2.45, 2.75) is 6.92 Å². The number of anilines is 3. The van der Waals surface area contributed by atoms with E-state index in [0.717, 1.165) is 5.56 Å². The van der Waals surface area contributed by atoms with Gasteiger partial charge < -0.3 is 16.4 Å². The Morgan fingerprint density at radius 1 is 1.03 bits per heavy atom. The number of hydrogen-bond donors (Lipinski definition) is 3. The smallest absolute Gasteiger partial charge is 0.274 e. The molecule has 0 atom stereocenters. The van der Waals surface area contributed by atoms with Crippen LogP contribution >= 0.6 is 11.3 Å². The van der Waals surface area contributed by atoms with Crippen LogP contribution in [0.25, 0.3) is 10.2 Å². The molecule has 0 saturated carbocycles. The second kappa shape index (κ2) is 7.64. The number of aromatic nitrogens is 3. The molecule has 3 aromatic heterocycles. The number of nitrogens with two attached hydrogens (primary N) is 1. The highest BCUT2D eigenvalue weighted by atomic mass is 32.1. The molecule has 3 heterocycles. The maximum atomic E-state index is 12.8. The van der Waals surface area contributed by atoms with Crippen molar-refractivity contribution < 1.29 is 9.59 Å². The van der Waals surface area contributed by atoms with Crippen molar-refractivity contribution in [2.75, 3.05) is 16.4 Å². The largest absolute Gasteiger partial charge is 0.382 e. The molecule has 144 valence electrons. The topological polar surface area (TPSA) is 123 Å². The minimum absolute atomic E-state index is 0.306. The van der Waals surface area contributed by atoms with Gasteiger partial charge in [-0.05, 0) is 36.8 Å². The van der Waals surface area contributed by atoms with Crippen molar-refractivity contribution in [3.63, 3.8) is 0 Å². The van der Waals surface area contributed by atoms with Gasteiger partial charge in [0.15, 0.2) is 0 Å². The first-order valence-electron chi connectivity index (χ1n) is 8.65. The van der Waals surface area contributed by atoms with E-state index in [1.54, 1.807) is 41.9 Å². The Balaban J connectivity index is 1.57. The molecule has 0 unspecified atom stereocenters. The van der Waals surface area contributed by atoms with Crippen LogP contribution in [0.3, 0.4) is 0 Å². The second-order valence-electron chi connectivity index (χ2n) is 6.24. The van der Waals surface area contributed by atoms with Gasteiger partial charge in [0, 0.05) is 23.0 Å². The Kier molecular flexibility index (Phi) is 4.88. The van der Waals surface area contributed by atoms with Crippen LogP contribution in [0.4, 0.5) is 17.2 Å². The second-order valence-corrected chi connectivity index (χ2v) is 7.12. The molecule has 1 aromatic carbocycles. The van der Waals surface area contributed by atoms with Crippen LogP contribution in [-0.4, -0.2) is 26.8 Å². The molecule has 9 heteroatoms. The lowest BCUT2D eigenvalue weighted by Gasteiger charge is -2.11. The van der Waals surface area contributed by atoms with E-state index in [0.29, 0.717) is 38.7 Å². The van der Waals surface area contributed by atoms with Crippen molar-refractivity contribution in [3.05, 3.63) is 71.1 Å². The van der Waals surface area contributed by atoms with Gasteiger partial charge in [-0.2, -0.15) is 0 Å². The molecular formula is C20H16N6O2S. The maximum absolute atomic E-state index is 12.8. The number of fused-ring (bicyclic) bond motifs is 1. The Bertz CT molecular complexity index is 1220. The molecule has 8 nitrogen and oxygen atoms in total. The van der Waals surface area contributed by atoms with Crippen LogP contribution in [0, 0.1) is 6.92 Å². The summed E-state index contributed by atoms with van der Waals surface area (Å²) in [5.74, 6) is -0.303. The highest BCUT2D eigenvalue weighted by molar-refractivity contribution is 7.18. The number of rotatable bonds is 4. The van der Waals surface area contributed by atoms with Crippen LogP contribution in [0.15, 0.2) is 54.3 Å². The van der Waals surface area contributed by atoms with E-state index in [1.807, 2.05) is 13.0 Å². The number of carbonyl (C=O) groups is 2. The monoisotopic (exact) mass is 404 g/mol. The van der Waals surface area contributed by atoms with E-state index < -0.39 is 0 Å². The third-order valence-corrected chi connectivity index (χ3v) is 5.26. The molecular weight excluding hydrogens is 388 g/mol. The van der Waals surface area contributed by atoms with Crippen molar-refractivity contribution in [2.24, 2.45) is 0 Å². The number of nitrogens with zero attached hydrogens (tertiary/aromatic N) is 3. The minimum Gasteiger partial charge on any atom is -0.382 e. The fourth-order valence-electron chi connectivity index (χ4n) is 2.75. The molecule has 4 N–H and O–H groups in total. The van der Waals surface area contributed by atoms with Crippen LogP contribution in [0.5, 0.6) is 0 Å². The van der Waals surface area contributed by atoms with Crippen LogP contribution in [0.2, 0.25) is 0 Å². The third kappa shape index (κ3) is 3.76. The van der Waals surface area contributed by atoms with Gasteiger partial charge in [-0.1, -0.05) is 12.1 Å². The normalized spacial score (nSPS) is 10.7. The molecule has 0 radical (unpaired) electrons. The summed E-state index contributed by atoms with van der Waals surface area (Å²) in [6.45, 7) is 1.87. The van der Waals surface area contributed by atoms with Crippen molar-refractivity contribution in [1.82, 2.24) is 15.0 Å². The highest BCUT2D eigenvalue weighted by Gasteiger charge is 2.17. The average molecular weight is 404 g/mol. The quantitative estimate of drug-likeness (QED) is 0.478. The number of benzene rings is 1.